The van der Waals surface area contributed by atoms with Gasteiger partial charge in [-0.05, 0) is 25.7 Å². The maximum atomic E-state index is 11.8. The topological polar surface area (TPSA) is 87.7 Å². The van der Waals surface area contributed by atoms with Gasteiger partial charge < -0.3 is 20.5 Å². The zero-order chi connectivity index (χ0) is 15.1. The number of amides is 2. The highest BCUT2D eigenvalue weighted by molar-refractivity contribution is 5.86. The molecule has 0 saturated heterocycles. The molecule has 2 aliphatic carbocycles. The Morgan fingerprint density at radius 2 is 1.76 bits per heavy atom. The van der Waals surface area contributed by atoms with Gasteiger partial charge in [0.25, 0.3) is 0 Å². The number of carboxylic acid groups (broad SMARTS) is 1. The predicted octanol–water partition coefficient (Wildman–Crippen LogP) is 2.03. The van der Waals surface area contributed by atoms with Gasteiger partial charge in [-0.3, -0.25) is 0 Å². The highest BCUT2D eigenvalue weighted by Gasteiger charge is 2.42. The average Bonchev–Trinajstić information content (AvgIpc) is 2.94. The van der Waals surface area contributed by atoms with Crippen LogP contribution in [0.1, 0.15) is 57.8 Å². The summed E-state index contributed by atoms with van der Waals surface area (Å²) in [5, 5.41) is 14.6. The minimum Gasteiger partial charge on any atom is -0.480 e. The zero-order valence-corrected chi connectivity index (χ0v) is 12.5. The first-order valence-electron chi connectivity index (χ1n) is 8.03. The van der Waals surface area contributed by atoms with Gasteiger partial charge in [-0.1, -0.05) is 32.1 Å². The van der Waals surface area contributed by atoms with Gasteiger partial charge in [0.15, 0.2) is 0 Å². The Morgan fingerprint density at radius 3 is 2.38 bits per heavy atom. The van der Waals surface area contributed by atoms with E-state index in [0.717, 1.165) is 25.7 Å². The normalized spacial score (nSPS) is 21.9. The number of urea groups is 1. The smallest absolute Gasteiger partial charge is 0.329 e. The van der Waals surface area contributed by atoms with Crippen LogP contribution in [0, 0.1) is 0 Å². The average molecular weight is 298 g/mol. The summed E-state index contributed by atoms with van der Waals surface area (Å²) in [6, 6.07) is -0.411. The first kappa shape index (κ1) is 16.1. The molecule has 0 atom stereocenters. The molecule has 0 radical (unpaired) electrons. The van der Waals surface area contributed by atoms with Crippen LogP contribution in [0.4, 0.5) is 4.79 Å². The first-order chi connectivity index (χ1) is 10.1. The quantitative estimate of drug-likeness (QED) is 0.655. The van der Waals surface area contributed by atoms with Crippen molar-refractivity contribution in [2.45, 2.75) is 69.4 Å². The van der Waals surface area contributed by atoms with Crippen molar-refractivity contribution in [1.82, 2.24) is 10.6 Å². The summed E-state index contributed by atoms with van der Waals surface area (Å²) in [5.41, 5.74) is -1.08. The van der Waals surface area contributed by atoms with E-state index in [4.69, 9.17) is 4.74 Å². The molecule has 21 heavy (non-hydrogen) atoms. The maximum Gasteiger partial charge on any atom is 0.329 e. The molecule has 0 heterocycles. The molecule has 2 aliphatic rings. The summed E-state index contributed by atoms with van der Waals surface area (Å²) in [4.78, 5) is 23.1. The van der Waals surface area contributed by atoms with E-state index in [1.807, 2.05) is 0 Å². The van der Waals surface area contributed by atoms with Crippen molar-refractivity contribution in [3.05, 3.63) is 0 Å². The Labute approximate surface area is 125 Å². The van der Waals surface area contributed by atoms with E-state index >= 15 is 0 Å². The van der Waals surface area contributed by atoms with Gasteiger partial charge in [-0.2, -0.15) is 0 Å². The van der Waals surface area contributed by atoms with Gasteiger partial charge in [-0.25, -0.2) is 9.59 Å². The standard InChI is InChI=1S/C15H26N2O4/c18-13(19)15(8-4-5-9-15)17-14(20)16-10-11-21-12-6-2-1-3-7-12/h12H,1-11H2,(H,18,19)(H2,16,17,20). The van der Waals surface area contributed by atoms with Crippen molar-refractivity contribution in [3.63, 3.8) is 0 Å². The van der Waals surface area contributed by atoms with E-state index in [9.17, 15) is 14.7 Å². The molecular formula is C15H26N2O4. The van der Waals surface area contributed by atoms with Crippen LogP contribution in [0.3, 0.4) is 0 Å². The second-order valence-corrected chi connectivity index (χ2v) is 6.11. The summed E-state index contributed by atoms with van der Waals surface area (Å²) in [7, 11) is 0. The Hall–Kier alpha value is -1.30. The number of carbonyl (C=O) groups excluding carboxylic acids is 1. The van der Waals surface area contributed by atoms with Crippen LogP contribution in [0.2, 0.25) is 0 Å². The van der Waals surface area contributed by atoms with Crippen molar-refractivity contribution < 1.29 is 19.4 Å². The number of hydrogen-bond donors (Lipinski definition) is 3. The zero-order valence-electron chi connectivity index (χ0n) is 12.5. The fourth-order valence-electron chi connectivity index (χ4n) is 3.25. The van der Waals surface area contributed by atoms with Crippen LogP contribution in [0.5, 0.6) is 0 Å². The number of hydrogen-bond acceptors (Lipinski definition) is 3. The van der Waals surface area contributed by atoms with Gasteiger partial charge in [-0.15, -0.1) is 0 Å². The van der Waals surface area contributed by atoms with E-state index < -0.39 is 17.5 Å². The Morgan fingerprint density at radius 1 is 1.10 bits per heavy atom. The fourth-order valence-corrected chi connectivity index (χ4v) is 3.25. The second kappa shape index (κ2) is 7.64. The molecule has 3 N–H and O–H groups in total. The maximum absolute atomic E-state index is 11.8. The van der Waals surface area contributed by atoms with E-state index in [2.05, 4.69) is 10.6 Å². The third kappa shape index (κ3) is 4.59. The SMILES string of the molecule is O=C(NCCOC1CCCCC1)NC1(C(=O)O)CCCC1. The van der Waals surface area contributed by atoms with E-state index in [-0.39, 0.29) is 0 Å². The van der Waals surface area contributed by atoms with Crippen LogP contribution < -0.4 is 10.6 Å². The fraction of sp³-hybridized carbons (Fsp3) is 0.867. The molecule has 0 unspecified atom stereocenters. The van der Waals surface area contributed by atoms with Gasteiger partial charge >= 0.3 is 12.0 Å². The molecule has 0 aromatic heterocycles. The largest absolute Gasteiger partial charge is 0.480 e. The van der Waals surface area contributed by atoms with Crippen molar-refractivity contribution in [2.24, 2.45) is 0 Å². The van der Waals surface area contributed by atoms with Crippen LogP contribution >= 0.6 is 0 Å². The van der Waals surface area contributed by atoms with Crippen LogP contribution in [-0.4, -0.2) is 41.9 Å². The molecule has 0 spiro atoms. The lowest BCUT2D eigenvalue weighted by Gasteiger charge is -2.25. The molecule has 0 bridgehead atoms. The molecule has 2 saturated carbocycles. The summed E-state index contributed by atoms with van der Waals surface area (Å²) in [6.45, 7) is 0.899. The molecule has 6 nitrogen and oxygen atoms in total. The first-order valence-corrected chi connectivity index (χ1v) is 8.03. The summed E-state index contributed by atoms with van der Waals surface area (Å²) in [6.07, 6.45) is 8.97. The molecule has 0 aromatic carbocycles. The van der Waals surface area contributed by atoms with Crippen LogP contribution in [-0.2, 0) is 9.53 Å². The van der Waals surface area contributed by atoms with Crippen molar-refractivity contribution in [3.8, 4) is 0 Å². The molecule has 120 valence electrons. The number of rotatable bonds is 6. The molecule has 2 fully saturated rings. The number of ether oxygens (including phenoxy) is 1. The minimum atomic E-state index is -1.08. The number of carboxylic acids is 1. The third-order valence-corrected chi connectivity index (χ3v) is 4.51. The summed E-state index contributed by atoms with van der Waals surface area (Å²) in [5.74, 6) is -0.936. The highest BCUT2D eigenvalue weighted by atomic mass is 16.5. The molecule has 2 amide bonds. The lowest BCUT2D eigenvalue weighted by molar-refractivity contribution is -0.144. The van der Waals surface area contributed by atoms with Gasteiger partial charge in [0.2, 0.25) is 0 Å². The Bertz CT molecular complexity index is 361. The molecule has 2 rings (SSSR count). The van der Waals surface area contributed by atoms with Gasteiger partial charge in [0.05, 0.1) is 12.7 Å². The lowest BCUT2D eigenvalue weighted by atomic mass is 9.98. The van der Waals surface area contributed by atoms with Crippen molar-refractivity contribution in [2.75, 3.05) is 13.2 Å². The van der Waals surface area contributed by atoms with Crippen molar-refractivity contribution >= 4 is 12.0 Å². The molecular weight excluding hydrogens is 272 g/mol. The van der Waals surface area contributed by atoms with E-state index in [1.54, 1.807) is 0 Å². The molecule has 6 heteroatoms. The van der Waals surface area contributed by atoms with Gasteiger partial charge in [0, 0.05) is 6.54 Å². The number of aliphatic carboxylic acids is 1. The summed E-state index contributed by atoms with van der Waals surface area (Å²) >= 11 is 0. The summed E-state index contributed by atoms with van der Waals surface area (Å²) < 4.78 is 5.72. The van der Waals surface area contributed by atoms with E-state index in [0.29, 0.717) is 32.1 Å². The lowest BCUT2D eigenvalue weighted by Crippen LogP contribution is -2.55. The van der Waals surface area contributed by atoms with Crippen molar-refractivity contribution in [1.29, 1.82) is 0 Å². The monoisotopic (exact) mass is 298 g/mol. The predicted molar refractivity (Wildman–Crippen MR) is 78.2 cm³/mol. The Balaban J connectivity index is 1.63. The molecule has 0 aromatic rings. The Kier molecular flexibility index (Phi) is 5.85. The van der Waals surface area contributed by atoms with E-state index in [1.165, 1.54) is 19.3 Å². The third-order valence-electron chi connectivity index (χ3n) is 4.51. The van der Waals surface area contributed by atoms with Gasteiger partial charge in [0.1, 0.15) is 5.54 Å². The minimum absolute atomic E-state index is 0.323. The molecule has 0 aliphatic heterocycles. The number of nitrogens with one attached hydrogen (secondary N) is 2. The second-order valence-electron chi connectivity index (χ2n) is 6.11. The van der Waals surface area contributed by atoms with Crippen LogP contribution in [0.15, 0.2) is 0 Å². The van der Waals surface area contributed by atoms with Crippen LogP contribution in [0.25, 0.3) is 0 Å². The highest BCUT2D eigenvalue weighted by Crippen LogP contribution is 2.29. The number of carbonyl (C=O) groups is 2.